The zero-order valence-corrected chi connectivity index (χ0v) is 17.4. The van der Waals surface area contributed by atoms with E-state index in [0.29, 0.717) is 30.9 Å². The van der Waals surface area contributed by atoms with Gasteiger partial charge in [0.25, 0.3) is 10.0 Å². The normalized spacial score (nSPS) is 15.7. The molecule has 1 aliphatic rings. The van der Waals surface area contributed by atoms with Crippen molar-refractivity contribution in [3.63, 3.8) is 0 Å². The van der Waals surface area contributed by atoms with E-state index in [4.69, 9.17) is 0 Å². The third-order valence-corrected chi connectivity index (χ3v) is 6.33. The molecule has 6 nitrogen and oxygen atoms in total. The number of aliphatic imine (C=N–C) groups is 1. The van der Waals surface area contributed by atoms with Crippen molar-refractivity contribution in [1.29, 1.82) is 0 Å². The Morgan fingerprint density at radius 2 is 1.76 bits per heavy atom. The molecule has 1 aliphatic heterocycles. The lowest BCUT2D eigenvalue weighted by molar-refractivity contribution is -0.116. The SMILES string of the molecule is C[C@H](CC(=O)Nc1ccc(S(=O)(=O)NC2=NCCCCC2)cc1)c1ccccc1. The highest BCUT2D eigenvalue weighted by molar-refractivity contribution is 7.90. The molecule has 0 bridgehead atoms. The second-order valence-corrected chi connectivity index (χ2v) is 9.02. The molecule has 29 heavy (non-hydrogen) atoms. The number of amidine groups is 1. The molecular weight excluding hydrogens is 386 g/mol. The summed E-state index contributed by atoms with van der Waals surface area (Å²) in [6, 6.07) is 16.1. The summed E-state index contributed by atoms with van der Waals surface area (Å²) >= 11 is 0. The Morgan fingerprint density at radius 1 is 1.03 bits per heavy atom. The lowest BCUT2D eigenvalue weighted by Crippen LogP contribution is -2.30. The topological polar surface area (TPSA) is 87.6 Å². The minimum Gasteiger partial charge on any atom is -0.326 e. The summed E-state index contributed by atoms with van der Waals surface area (Å²) in [5.74, 6) is 0.512. The van der Waals surface area contributed by atoms with Gasteiger partial charge in [-0.2, -0.15) is 0 Å². The quantitative estimate of drug-likeness (QED) is 0.748. The lowest BCUT2D eigenvalue weighted by atomic mass is 9.97. The van der Waals surface area contributed by atoms with Crippen LogP contribution in [0.2, 0.25) is 0 Å². The number of anilines is 1. The Kier molecular flexibility index (Phi) is 7.04. The highest BCUT2D eigenvalue weighted by atomic mass is 32.2. The second-order valence-electron chi connectivity index (χ2n) is 7.33. The van der Waals surface area contributed by atoms with Gasteiger partial charge in [0.1, 0.15) is 5.84 Å². The number of sulfonamides is 1. The fraction of sp³-hybridized carbons (Fsp3) is 0.364. The summed E-state index contributed by atoms with van der Waals surface area (Å²) in [6.07, 6.45) is 3.99. The summed E-state index contributed by atoms with van der Waals surface area (Å²) in [4.78, 5) is 16.8. The van der Waals surface area contributed by atoms with Crippen molar-refractivity contribution < 1.29 is 13.2 Å². The van der Waals surface area contributed by atoms with Crippen molar-refractivity contribution >= 4 is 27.5 Å². The predicted octanol–water partition coefficient (Wildman–Crippen LogP) is 4.07. The average Bonchev–Trinajstić information content (AvgIpc) is 2.97. The molecule has 0 unspecified atom stereocenters. The third-order valence-electron chi connectivity index (χ3n) is 4.94. The fourth-order valence-corrected chi connectivity index (χ4v) is 4.37. The Bertz CT molecular complexity index is 955. The van der Waals surface area contributed by atoms with Gasteiger partial charge >= 0.3 is 0 Å². The number of carbonyl (C=O) groups excluding carboxylic acids is 1. The van der Waals surface area contributed by atoms with E-state index >= 15 is 0 Å². The van der Waals surface area contributed by atoms with E-state index < -0.39 is 10.0 Å². The molecule has 0 aromatic heterocycles. The van der Waals surface area contributed by atoms with Crippen LogP contribution < -0.4 is 10.0 Å². The van der Waals surface area contributed by atoms with Crippen molar-refractivity contribution in [2.75, 3.05) is 11.9 Å². The number of rotatable bonds is 6. The van der Waals surface area contributed by atoms with E-state index in [2.05, 4.69) is 15.0 Å². The number of hydrogen-bond donors (Lipinski definition) is 2. The van der Waals surface area contributed by atoms with Crippen LogP contribution >= 0.6 is 0 Å². The molecule has 3 rings (SSSR count). The maximum absolute atomic E-state index is 12.6. The van der Waals surface area contributed by atoms with Crippen LogP contribution in [0.1, 0.15) is 50.5 Å². The molecule has 0 saturated carbocycles. The monoisotopic (exact) mass is 413 g/mol. The number of hydrogen-bond acceptors (Lipinski definition) is 4. The molecule has 2 aromatic carbocycles. The molecule has 154 valence electrons. The van der Waals surface area contributed by atoms with Crippen LogP contribution in [0.15, 0.2) is 64.5 Å². The van der Waals surface area contributed by atoms with Crippen LogP contribution in [0.4, 0.5) is 5.69 Å². The number of benzene rings is 2. The number of carbonyl (C=O) groups is 1. The van der Waals surface area contributed by atoms with Crippen LogP contribution in [-0.4, -0.2) is 26.7 Å². The van der Waals surface area contributed by atoms with Gasteiger partial charge in [0.2, 0.25) is 5.91 Å². The molecule has 2 aromatic rings. The fourth-order valence-electron chi connectivity index (χ4n) is 3.28. The molecule has 0 radical (unpaired) electrons. The zero-order chi connectivity index (χ0) is 20.7. The average molecular weight is 414 g/mol. The van der Waals surface area contributed by atoms with Gasteiger partial charge in [-0.15, -0.1) is 0 Å². The Labute approximate surface area is 172 Å². The summed E-state index contributed by atoms with van der Waals surface area (Å²) in [5.41, 5.74) is 1.68. The lowest BCUT2D eigenvalue weighted by Gasteiger charge is -2.13. The molecule has 7 heteroatoms. The van der Waals surface area contributed by atoms with Crippen LogP contribution in [0.5, 0.6) is 0 Å². The molecule has 0 saturated heterocycles. The highest BCUT2D eigenvalue weighted by Gasteiger charge is 2.17. The highest BCUT2D eigenvalue weighted by Crippen LogP contribution is 2.20. The summed E-state index contributed by atoms with van der Waals surface area (Å²) in [6.45, 7) is 2.66. The number of nitrogens with zero attached hydrogens (tertiary/aromatic N) is 1. The van der Waals surface area contributed by atoms with Crippen LogP contribution in [0.3, 0.4) is 0 Å². The van der Waals surface area contributed by atoms with Crippen LogP contribution in [-0.2, 0) is 14.8 Å². The second kappa shape index (κ2) is 9.69. The first-order chi connectivity index (χ1) is 13.9. The molecule has 2 N–H and O–H groups in total. The van der Waals surface area contributed by atoms with Crippen molar-refractivity contribution in [2.24, 2.45) is 4.99 Å². The van der Waals surface area contributed by atoms with Gasteiger partial charge in [0, 0.05) is 25.1 Å². The first-order valence-electron chi connectivity index (χ1n) is 9.95. The molecular formula is C22H27N3O3S. The van der Waals surface area contributed by atoms with E-state index in [1.165, 1.54) is 12.1 Å². The molecule has 0 fully saturated rings. The van der Waals surface area contributed by atoms with Gasteiger partial charge in [0.15, 0.2) is 0 Å². The van der Waals surface area contributed by atoms with Gasteiger partial charge in [0.05, 0.1) is 4.90 Å². The van der Waals surface area contributed by atoms with Crippen molar-refractivity contribution in [2.45, 2.75) is 49.8 Å². The maximum Gasteiger partial charge on any atom is 0.262 e. The predicted molar refractivity (Wildman–Crippen MR) is 116 cm³/mol. The van der Waals surface area contributed by atoms with Gasteiger partial charge in [-0.3, -0.25) is 14.5 Å². The summed E-state index contributed by atoms with van der Waals surface area (Å²) < 4.78 is 27.7. The Balaban J connectivity index is 1.59. The van der Waals surface area contributed by atoms with Gasteiger partial charge in [-0.05, 0) is 48.6 Å². The van der Waals surface area contributed by atoms with Crippen molar-refractivity contribution in [3.8, 4) is 0 Å². The van der Waals surface area contributed by atoms with E-state index in [9.17, 15) is 13.2 Å². The molecule has 0 aliphatic carbocycles. The zero-order valence-electron chi connectivity index (χ0n) is 16.6. The maximum atomic E-state index is 12.6. The summed E-state index contributed by atoms with van der Waals surface area (Å²) in [5, 5.41) is 2.83. The van der Waals surface area contributed by atoms with Crippen LogP contribution in [0.25, 0.3) is 0 Å². The van der Waals surface area contributed by atoms with E-state index in [1.54, 1.807) is 12.1 Å². The van der Waals surface area contributed by atoms with E-state index in [0.717, 1.165) is 24.8 Å². The minimum atomic E-state index is -3.67. The molecule has 1 heterocycles. The van der Waals surface area contributed by atoms with Gasteiger partial charge in [-0.1, -0.05) is 43.7 Å². The number of nitrogens with one attached hydrogen (secondary N) is 2. The number of amides is 1. The largest absolute Gasteiger partial charge is 0.326 e. The van der Waals surface area contributed by atoms with E-state index in [1.807, 2.05) is 37.3 Å². The standard InChI is InChI=1S/C22H27N3O3S/c1-17(18-8-4-2-5-9-18)16-22(26)24-19-11-13-20(14-12-19)29(27,28)25-21-10-6-3-7-15-23-21/h2,4-5,8-9,11-14,17H,3,6-7,10,15-16H2,1H3,(H,23,25)(H,24,26)/t17-/m1/s1. The van der Waals surface area contributed by atoms with Crippen molar-refractivity contribution in [3.05, 3.63) is 60.2 Å². The molecule has 1 amide bonds. The van der Waals surface area contributed by atoms with Crippen LogP contribution in [0, 0.1) is 0 Å². The first kappa shape index (κ1) is 21.0. The van der Waals surface area contributed by atoms with Crippen molar-refractivity contribution in [1.82, 2.24) is 4.72 Å². The molecule has 1 atom stereocenters. The minimum absolute atomic E-state index is 0.0976. The Morgan fingerprint density at radius 3 is 2.48 bits per heavy atom. The van der Waals surface area contributed by atoms with E-state index in [-0.39, 0.29) is 16.7 Å². The summed E-state index contributed by atoms with van der Waals surface area (Å²) in [7, 11) is -3.67. The van der Waals surface area contributed by atoms with Gasteiger partial charge in [-0.25, -0.2) is 8.42 Å². The molecule has 0 spiro atoms. The first-order valence-corrected chi connectivity index (χ1v) is 11.4. The Hall–Kier alpha value is -2.67. The van der Waals surface area contributed by atoms with Gasteiger partial charge < -0.3 is 5.32 Å². The smallest absolute Gasteiger partial charge is 0.262 e. The third kappa shape index (κ3) is 6.15.